The maximum atomic E-state index is 13.7. The van der Waals surface area contributed by atoms with Crippen LogP contribution in [0.25, 0.3) is 0 Å². The minimum absolute atomic E-state index is 0.0465. The first-order valence-electron chi connectivity index (χ1n) is 5.36. The Morgan fingerprint density at radius 1 is 1.17 bits per heavy atom. The van der Waals surface area contributed by atoms with Gasteiger partial charge in [0.15, 0.2) is 0 Å². The van der Waals surface area contributed by atoms with E-state index >= 15 is 0 Å². The van der Waals surface area contributed by atoms with Gasteiger partial charge in [-0.25, -0.2) is 8.78 Å². The minimum atomic E-state index is -0.650. The zero-order valence-electron chi connectivity index (χ0n) is 9.62. The van der Waals surface area contributed by atoms with Crippen LogP contribution in [-0.4, -0.2) is 12.0 Å². The van der Waals surface area contributed by atoms with Crippen molar-refractivity contribution >= 4 is 11.6 Å². The highest BCUT2D eigenvalue weighted by Crippen LogP contribution is 2.25. The Hall–Kier alpha value is -1.52. The standard InChI is InChI=1S/C13H11ClF2N2/c1-17-13(11-6-5-8(14)7-18-11)12-9(15)3-2-4-10(12)16/h2-7,13,17H,1H3. The Morgan fingerprint density at radius 2 is 1.83 bits per heavy atom. The van der Waals surface area contributed by atoms with Crippen LogP contribution in [0.1, 0.15) is 17.3 Å². The van der Waals surface area contributed by atoms with E-state index in [0.717, 1.165) is 0 Å². The third-order valence-corrected chi connectivity index (χ3v) is 2.85. The van der Waals surface area contributed by atoms with Crippen LogP contribution in [-0.2, 0) is 0 Å². The molecule has 0 amide bonds. The van der Waals surface area contributed by atoms with E-state index in [2.05, 4.69) is 10.3 Å². The smallest absolute Gasteiger partial charge is 0.131 e. The number of pyridine rings is 1. The summed E-state index contributed by atoms with van der Waals surface area (Å²) in [5, 5.41) is 3.32. The van der Waals surface area contributed by atoms with Crippen molar-refractivity contribution in [3.8, 4) is 0 Å². The van der Waals surface area contributed by atoms with Crippen LogP contribution in [0.2, 0.25) is 5.02 Å². The lowest BCUT2D eigenvalue weighted by molar-refractivity contribution is 0.518. The first-order valence-corrected chi connectivity index (χ1v) is 5.74. The molecule has 0 spiro atoms. The fraction of sp³-hybridized carbons (Fsp3) is 0.154. The number of hydrogen-bond acceptors (Lipinski definition) is 2. The number of benzene rings is 1. The summed E-state index contributed by atoms with van der Waals surface area (Å²) < 4.78 is 27.4. The van der Waals surface area contributed by atoms with Gasteiger partial charge in [-0.2, -0.15) is 0 Å². The molecule has 1 N–H and O–H groups in total. The van der Waals surface area contributed by atoms with Crippen LogP contribution >= 0.6 is 11.6 Å². The topological polar surface area (TPSA) is 24.9 Å². The van der Waals surface area contributed by atoms with Gasteiger partial charge >= 0.3 is 0 Å². The number of hydrogen-bond donors (Lipinski definition) is 1. The highest BCUT2D eigenvalue weighted by Gasteiger charge is 2.21. The van der Waals surface area contributed by atoms with E-state index in [1.807, 2.05) is 0 Å². The molecule has 2 nitrogen and oxygen atoms in total. The SMILES string of the molecule is CNC(c1ccc(Cl)cn1)c1c(F)cccc1F. The highest BCUT2D eigenvalue weighted by molar-refractivity contribution is 6.30. The van der Waals surface area contributed by atoms with Crippen LogP contribution in [0.15, 0.2) is 36.5 Å². The molecule has 18 heavy (non-hydrogen) atoms. The van der Waals surface area contributed by atoms with Crippen molar-refractivity contribution in [2.75, 3.05) is 7.05 Å². The summed E-state index contributed by atoms with van der Waals surface area (Å²) in [6, 6.07) is 6.39. The zero-order chi connectivity index (χ0) is 13.1. The monoisotopic (exact) mass is 268 g/mol. The highest BCUT2D eigenvalue weighted by atomic mass is 35.5. The number of aromatic nitrogens is 1. The number of halogens is 3. The molecule has 0 aliphatic carbocycles. The van der Waals surface area contributed by atoms with Gasteiger partial charge in [0.2, 0.25) is 0 Å². The molecule has 1 heterocycles. The quantitative estimate of drug-likeness (QED) is 0.924. The van der Waals surface area contributed by atoms with Gasteiger partial charge in [0, 0.05) is 11.8 Å². The molecule has 0 fully saturated rings. The normalized spacial score (nSPS) is 12.4. The van der Waals surface area contributed by atoms with Crippen LogP contribution in [0.4, 0.5) is 8.78 Å². The molecule has 0 radical (unpaired) electrons. The molecule has 1 aromatic carbocycles. The third-order valence-electron chi connectivity index (χ3n) is 2.62. The fourth-order valence-electron chi connectivity index (χ4n) is 1.78. The van der Waals surface area contributed by atoms with Gasteiger partial charge in [0.05, 0.1) is 16.8 Å². The Bertz CT molecular complexity index is 523. The largest absolute Gasteiger partial charge is 0.308 e. The van der Waals surface area contributed by atoms with Crippen molar-refractivity contribution < 1.29 is 8.78 Å². The summed E-state index contributed by atoms with van der Waals surface area (Å²) >= 11 is 5.74. The van der Waals surface area contributed by atoms with Crippen molar-refractivity contribution in [1.82, 2.24) is 10.3 Å². The van der Waals surface area contributed by atoms with Crippen LogP contribution in [0.3, 0.4) is 0 Å². The van der Waals surface area contributed by atoms with Crippen molar-refractivity contribution in [1.29, 1.82) is 0 Å². The number of nitrogens with zero attached hydrogens (tertiary/aromatic N) is 1. The van der Waals surface area contributed by atoms with Crippen molar-refractivity contribution in [3.63, 3.8) is 0 Å². The summed E-state index contributed by atoms with van der Waals surface area (Å²) in [5.74, 6) is -1.21. The second-order valence-electron chi connectivity index (χ2n) is 3.76. The predicted octanol–water partition coefficient (Wildman–Crippen LogP) is 3.32. The van der Waals surface area contributed by atoms with E-state index in [9.17, 15) is 8.78 Å². The lowest BCUT2D eigenvalue weighted by Gasteiger charge is -2.17. The Balaban J connectivity index is 2.48. The molecule has 0 saturated heterocycles. The maximum Gasteiger partial charge on any atom is 0.131 e. The molecular weight excluding hydrogens is 258 g/mol. The first-order chi connectivity index (χ1) is 8.63. The Labute approximate surface area is 109 Å². The maximum absolute atomic E-state index is 13.7. The predicted molar refractivity (Wildman–Crippen MR) is 66.5 cm³/mol. The van der Waals surface area contributed by atoms with Gasteiger partial charge in [-0.3, -0.25) is 4.98 Å². The van der Waals surface area contributed by atoms with E-state index in [1.54, 1.807) is 19.2 Å². The molecule has 1 unspecified atom stereocenters. The second kappa shape index (κ2) is 5.42. The summed E-state index contributed by atoms with van der Waals surface area (Å²) in [6.07, 6.45) is 1.44. The van der Waals surface area contributed by atoms with Gasteiger partial charge in [-0.05, 0) is 31.3 Å². The van der Waals surface area contributed by atoms with E-state index in [4.69, 9.17) is 11.6 Å². The average Bonchev–Trinajstić information content (AvgIpc) is 2.35. The molecular formula is C13H11ClF2N2. The van der Waals surface area contributed by atoms with Gasteiger partial charge < -0.3 is 5.32 Å². The molecule has 0 bridgehead atoms. The fourth-order valence-corrected chi connectivity index (χ4v) is 1.90. The van der Waals surface area contributed by atoms with E-state index in [-0.39, 0.29) is 5.56 Å². The zero-order valence-corrected chi connectivity index (χ0v) is 10.4. The Kier molecular flexibility index (Phi) is 3.89. The van der Waals surface area contributed by atoms with Crippen LogP contribution < -0.4 is 5.32 Å². The van der Waals surface area contributed by atoms with E-state index in [0.29, 0.717) is 10.7 Å². The van der Waals surface area contributed by atoms with Gasteiger partial charge in [-0.1, -0.05) is 17.7 Å². The van der Waals surface area contributed by atoms with Gasteiger partial charge in [0.1, 0.15) is 11.6 Å². The second-order valence-corrected chi connectivity index (χ2v) is 4.19. The number of rotatable bonds is 3. The molecule has 5 heteroatoms. The van der Waals surface area contributed by atoms with Crippen molar-refractivity contribution in [2.45, 2.75) is 6.04 Å². The third kappa shape index (κ3) is 2.49. The summed E-state index contributed by atoms with van der Waals surface area (Å²) in [7, 11) is 1.62. The lowest BCUT2D eigenvalue weighted by atomic mass is 10.0. The molecule has 1 aromatic heterocycles. The van der Waals surface area contributed by atoms with Crippen molar-refractivity contribution in [3.05, 3.63) is 64.4 Å². The molecule has 0 aliphatic heterocycles. The first kappa shape index (κ1) is 12.9. The van der Waals surface area contributed by atoms with Crippen LogP contribution in [0, 0.1) is 11.6 Å². The van der Waals surface area contributed by atoms with Crippen LogP contribution in [0.5, 0.6) is 0 Å². The molecule has 2 aromatic rings. The molecule has 2 rings (SSSR count). The minimum Gasteiger partial charge on any atom is -0.308 e. The lowest BCUT2D eigenvalue weighted by Crippen LogP contribution is -2.21. The molecule has 1 atom stereocenters. The van der Waals surface area contributed by atoms with Gasteiger partial charge in [-0.15, -0.1) is 0 Å². The summed E-state index contributed by atoms with van der Waals surface area (Å²) in [4.78, 5) is 4.08. The summed E-state index contributed by atoms with van der Waals surface area (Å²) in [6.45, 7) is 0. The average molecular weight is 269 g/mol. The van der Waals surface area contributed by atoms with E-state index < -0.39 is 17.7 Å². The van der Waals surface area contributed by atoms with Crippen molar-refractivity contribution in [2.24, 2.45) is 0 Å². The van der Waals surface area contributed by atoms with E-state index in [1.165, 1.54) is 24.4 Å². The molecule has 0 aliphatic rings. The number of nitrogens with one attached hydrogen (secondary N) is 1. The Morgan fingerprint density at radius 3 is 2.33 bits per heavy atom. The molecule has 0 saturated carbocycles. The summed E-state index contributed by atoms with van der Waals surface area (Å²) in [5.41, 5.74) is 0.459. The molecule has 94 valence electrons. The van der Waals surface area contributed by atoms with Gasteiger partial charge in [0.25, 0.3) is 0 Å².